The second-order valence-electron chi connectivity index (χ2n) is 5.69. The molecule has 1 aromatic carbocycles. The zero-order valence-corrected chi connectivity index (χ0v) is 14.3. The van der Waals surface area contributed by atoms with Crippen molar-refractivity contribution in [3.63, 3.8) is 0 Å². The van der Waals surface area contributed by atoms with E-state index < -0.39 is 0 Å². The minimum atomic E-state index is 0.154. The SMILES string of the molecule is COc1ccccc1-n1cc(C(=S)N2CC(C)OC(C)C2)nn1. The molecule has 0 radical (unpaired) electrons. The summed E-state index contributed by atoms with van der Waals surface area (Å²) in [6.07, 6.45) is 2.15. The van der Waals surface area contributed by atoms with E-state index in [2.05, 4.69) is 29.1 Å². The summed E-state index contributed by atoms with van der Waals surface area (Å²) in [5.74, 6) is 0.739. The van der Waals surface area contributed by atoms with Crippen molar-refractivity contribution in [3.8, 4) is 11.4 Å². The highest BCUT2D eigenvalue weighted by molar-refractivity contribution is 7.80. The zero-order valence-electron chi connectivity index (χ0n) is 13.5. The fourth-order valence-corrected chi connectivity index (χ4v) is 3.05. The quantitative estimate of drug-likeness (QED) is 0.802. The summed E-state index contributed by atoms with van der Waals surface area (Å²) in [6.45, 7) is 5.64. The predicted molar refractivity (Wildman–Crippen MR) is 91.2 cm³/mol. The van der Waals surface area contributed by atoms with Crippen molar-refractivity contribution in [1.29, 1.82) is 0 Å². The molecular weight excluding hydrogens is 312 g/mol. The van der Waals surface area contributed by atoms with Gasteiger partial charge in [0.25, 0.3) is 0 Å². The second kappa shape index (κ2) is 6.64. The van der Waals surface area contributed by atoms with Crippen LogP contribution in [0.1, 0.15) is 19.5 Å². The van der Waals surface area contributed by atoms with Gasteiger partial charge in [-0.3, -0.25) is 0 Å². The fraction of sp³-hybridized carbons (Fsp3) is 0.438. The maximum Gasteiger partial charge on any atom is 0.144 e. The van der Waals surface area contributed by atoms with Gasteiger partial charge in [0.2, 0.25) is 0 Å². The highest BCUT2D eigenvalue weighted by Crippen LogP contribution is 2.21. The lowest BCUT2D eigenvalue weighted by Gasteiger charge is -2.36. The van der Waals surface area contributed by atoms with Crippen molar-refractivity contribution >= 4 is 17.2 Å². The summed E-state index contributed by atoms with van der Waals surface area (Å²) in [5.41, 5.74) is 1.52. The minimum absolute atomic E-state index is 0.154. The van der Waals surface area contributed by atoms with E-state index in [9.17, 15) is 0 Å². The third kappa shape index (κ3) is 3.35. The number of hydrogen-bond acceptors (Lipinski definition) is 5. The van der Waals surface area contributed by atoms with Crippen LogP contribution in [0.5, 0.6) is 5.75 Å². The van der Waals surface area contributed by atoms with Crippen molar-refractivity contribution in [2.45, 2.75) is 26.1 Å². The first-order valence-electron chi connectivity index (χ1n) is 7.59. The van der Waals surface area contributed by atoms with E-state index in [-0.39, 0.29) is 12.2 Å². The Balaban J connectivity index is 1.83. The van der Waals surface area contributed by atoms with Crippen LogP contribution in [0.15, 0.2) is 30.5 Å². The number of rotatable bonds is 3. The van der Waals surface area contributed by atoms with Crippen LogP contribution in [0.3, 0.4) is 0 Å². The van der Waals surface area contributed by atoms with Crippen molar-refractivity contribution in [3.05, 3.63) is 36.2 Å². The van der Waals surface area contributed by atoms with Crippen molar-refractivity contribution < 1.29 is 9.47 Å². The molecule has 0 amide bonds. The Hall–Kier alpha value is -1.99. The standard InChI is InChI=1S/C16H20N4O2S/c1-11-8-19(9-12(2)22-11)16(23)13-10-20(18-17-13)14-6-4-5-7-15(14)21-3/h4-7,10-12H,8-9H2,1-3H3. The molecule has 1 fully saturated rings. The Morgan fingerprint density at radius 2 is 1.96 bits per heavy atom. The van der Waals surface area contributed by atoms with Gasteiger partial charge in [0.05, 0.1) is 25.5 Å². The van der Waals surface area contributed by atoms with E-state index >= 15 is 0 Å². The van der Waals surface area contributed by atoms with Gasteiger partial charge in [0, 0.05) is 13.1 Å². The second-order valence-corrected chi connectivity index (χ2v) is 6.07. The Labute approximate surface area is 141 Å². The van der Waals surface area contributed by atoms with E-state index in [0.717, 1.165) is 24.5 Å². The minimum Gasteiger partial charge on any atom is -0.494 e. The van der Waals surface area contributed by atoms with Crippen LogP contribution < -0.4 is 4.74 Å². The lowest BCUT2D eigenvalue weighted by molar-refractivity contribution is -0.0472. The molecule has 1 aliphatic rings. The van der Waals surface area contributed by atoms with Gasteiger partial charge in [-0.1, -0.05) is 29.6 Å². The number of benzene rings is 1. The third-order valence-electron chi connectivity index (χ3n) is 3.75. The van der Waals surface area contributed by atoms with Gasteiger partial charge in [0.15, 0.2) is 0 Å². The van der Waals surface area contributed by atoms with Crippen LogP contribution in [0.25, 0.3) is 5.69 Å². The lowest BCUT2D eigenvalue weighted by atomic mass is 10.2. The molecule has 2 atom stereocenters. The van der Waals surface area contributed by atoms with Crippen LogP contribution in [0.4, 0.5) is 0 Å². The third-order valence-corrected chi connectivity index (χ3v) is 4.22. The molecule has 2 aromatic rings. The molecule has 23 heavy (non-hydrogen) atoms. The summed E-state index contributed by atoms with van der Waals surface area (Å²) in [6, 6.07) is 7.67. The smallest absolute Gasteiger partial charge is 0.144 e. The van der Waals surface area contributed by atoms with Gasteiger partial charge in [-0.15, -0.1) is 5.10 Å². The first-order valence-corrected chi connectivity index (χ1v) is 7.99. The van der Waals surface area contributed by atoms with Gasteiger partial charge in [-0.2, -0.15) is 0 Å². The van der Waals surface area contributed by atoms with Crippen LogP contribution in [0.2, 0.25) is 0 Å². The maximum absolute atomic E-state index is 5.75. The van der Waals surface area contributed by atoms with Crippen LogP contribution in [-0.2, 0) is 4.74 Å². The largest absolute Gasteiger partial charge is 0.494 e. The number of ether oxygens (including phenoxy) is 2. The van der Waals surface area contributed by atoms with Crippen LogP contribution in [0, 0.1) is 0 Å². The molecule has 1 saturated heterocycles. The Morgan fingerprint density at radius 1 is 1.26 bits per heavy atom. The van der Waals surface area contributed by atoms with Crippen LogP contribution >= 0.6 is 12.2 Å². The first-order chi connectivity index (χ1) is 11.1. The Bertz CT molecular complexity index is 693. The molecule has 122 valence electrons. The van der Waals surface area contributed by atoms with E-state index in [1.165, 1.54) is 0 Å². The molecule has 0 N–H and O–H groups in total. The number of morpholine rings is 1. The first kappa shape index (κ1) is 15.9. The van der Waals surface area contributed by atoms with E-state index in [1.54, 1.807) is 11.8 Å². The van der Waals surface area contributed by atoms with Gasteiger partial charge in [-0.25, -0.2) is 4.68 Å². The number of para-hydroxylation sites is 2. The topological polar surface area (TPSA) is 52.4 Å². The molecule has 3 rings (SSSR count). The number of thiocarbonyl (C=S) groups is 1. The molecule has 2 unspecified atom stereocenters. The average Bonchev–Trinajstić information content (AvgIpc) is 3.03. The molecule has 0 aliphatic carbocycles. The van der Waals surface area contributed by atoms with Gasteiger partial charge >= 0.3 is 0 Å². The summed E-state index contributed by atoms with van der Waals surface area (Å²) in [7, 11) is 1.64. The summed E-state index contributed by atoms with van der Waals surface area (Å²) >= 11 is 5.59. The summed E-state index contributed by atoms with van der Waals surface area (Å²) in [4.78, 5) is 2.83. The fourth-order valence-electron chi connectivity index (χ4n) is 2.80. The summed E-state index contributed by atoms with van der Waals surface area (Å²) in [5, 5.41) is 8.42. The molecule has 6 nitrogen and oxygen atoms in total. The Kier molecular flexibility index (Phi) is 4.58. The molecule has 1 aromatic heterocycles. The van der Waals surface area contributed by atoms with Gasteiger partial charge in [-0.05, 0) is 26.0 Å². The molecular formula is C16H20N4O2S. The zero-order chi connectivity index (χ0) is 16.4. The number of methoxy groups -OCH3 is 1. The Morgan fingerprint density at radius 3 is 2.65 bits per heavy atom. The van der Waals surface area contributed by atoms with Gasteiger partial charge in [0.1, 0.15) is 22.1 Å². The normalized spacial score (nSPS) is 21.3. The molecule has 0 saturated carbocycles. The maximum atomic E-state index is 5.75. The van der Waals surface area contributed by atoms with E-state index in [0.29, 0.717) is 10.7 Å². The van der Waals surface area contributed by atoms with Crippen molar-refractivity contribution in [1.82, 2.24) is 19.9 Å². The van der Waals surface area contributed by atoms with Gasteiger partial charge < -0.3 is 14.4 Å². The number of hydrogen-bond donors (Lipinski definition) is 0. The molecule has 7 heteroatoms. The lowest BCUT2D eigenvalue weighted by Crippen LogP contribution is -2.47. The van der Waals surface area contributed by atoms with Crippen molar-refractivity contribution in [2.24, 2.45) is 0 Å². The predicted octanol–water partition coefficient (Wildman–Crippen LogP) is 2.06. The average molecular weight is 332 g/mol. The molecule has 2 heterocycles. The number of aromatic nitrogens is 3. The highest BCUT2D eigenvalue weighted by Gasteiger charge is 2.25. The monoisotopic (exact) mass is 332 g/mol. The number of nitrogens with zero attached hydrogens (tertiary/aromatic N) is 4. The molecule has 0 bridgehead atoms. The van der Waals surface area contributed by atoms with E-state index in [4.69, 9.17) is 21.7 Å². The molecule has 1 aliphatic heterocycles. The molecule has 0 spiro atoms. The van der Waals surface area contributed by atoms with E-state index in [1.807, 2.05) is 30.5 Å². The van der Waals surface area contributed by atoms with Crippen LogP contribution in [-0.4, -0.2) is 57.3 Å². The highest BCUT2D eigenvalue weighted by atomic mass is 32.1. The summed E-state index contributed by atoms with van der Waals surface area (Å²) < 4.78 is 12.8. The van der Waals surface area contributed by atoms with Crippen molar-refractivity contribution in [2.75, 3.05) is 20.2 Å².